The average Bonchev–Trinajstić information content (AvgIpc) is 2.11. The molecule has 0 aliphatic carbocycles. The summed E-state index contributed by atoms with van der Waals surface area (Å²) in [7, 11) is 6.13. The van der Waals surface area contributed by atoms with Gasteiger partial charge in [-0.1, -0.05) is 13.8 Å². The molecular weight excluding hydrogens is 164 g/mol. The Bertz CT molecular complexity index is 116. The Morgan fingerprint density at radius 2 is 1.85 bits per heavy atom. The van der Waals surface area contributed by atoms with E-state index in [0.29, 0.717) is 6.17 Å². The summed E-state index contributed by atoms with van der Waals surface area (Å²) in [6.45, 7) is 7.32. The minimum Gasteiger partial charge on any atom is -0.304 e. The standard InChI is InChI=1S/C9H24N4/c1-6-11-9(10-3)8-13(7-2)12(4)5/h9-11H,6-8H2,1-5H3. The second-order valence-corrected chi connectivity index (χ2v) is 3.25. The van der Waals surface area contributed by atoms with Crippen molar-refractivity contribution in [3.63, 3.8) is 0 Å². The first-order valence-electron chi connectivity index (χ1n) is 4.98. The van der Waals surface area contributed by atoms with Crippen LogP contribution in [0.2, 0.25) is 0 Å². The fourth-order valence-corrected chi connectivity index (χ4v) is 1.29. The largest absolute Gasteiger partial charge is 0.304 e. The maximum Gasteiger partial charge on any atom is 0.0714 e. The third-order valence-corrected chi connectivity index (χ3v) is 2.12. The number of likely N-dealkylation sites (N-methyl/N-ethyl adjacent to an activating group) is 3. The lowest BCUT2D eigenvalue weighted by atomic mass is 10.4. The fraction of sp³-hybridized carbons (Fsp3) is 1.00. The van der Waals surface area contributed by atoms with E-state index in [2.05, 4.69) is 48.6 Å². The van der Waals surface area contributed by atoms with Gasteiger partial charge in [-0.25, -0.2) is 10.0 Å². The Hall–Kier alpha value is -0.160. The lowest BCUT2D eigenvalue weighted by Crippen LogP contribution is -2.51. The highest BCUT2D eigenvalue weighted by Gasteiger charge is 2.10. The van der Waals surface area contributed by atoms with E-state index in [0.717, 1.165) is 19.6 Å². The van der Waals surface area contributed by atoms with Crippen LogP contribution in [-0.4, -0.2) is 57.0 Å². The summed E-state index contributed by atoms with van der Waals surface area (Å²) < 4.78 is 0. The minimum absolute atomic E-state index is 0.368. The highest BCUT2D eigenvalue weighted by molar-refractivity contribution is 4.64. The van der Waals surface area contributed by atoms with Crippen LogP contribution in [-0.2, 0) is 0 Å². The number of nitrogens with zero attached hydrogens (tertiary/aromatic N) is 2. The van der Waals surface area contributed by atoms with Crippen LogP contribution < -0.4 is 10.6 Å². The zero-order chi connectivity index (χ0) is 10.3. The summed E-state index contributed by atoms with van der Waals surface area (Å²) in [5.41, 5.74) is 0. The first-order chi connectivity index (χ1) is 6.15. The van der Waals surface area contributed by atoms with Crippen molar-refractivity contribution >= 4 is 0 Å². The van der Waals surface area contributed by atoms with Gasteiger partial charge in [0.05, 0.1) is 6.17 Å². The van der Waals surface area contributed by atoms with Crippen molar-refractivity contribution < 1.29 is 0 Å². The van der Waals surface area contributed by atoms with E-state index in [1.54, 1.807) is 0 Å². The Balaban J connectivity index is 3.87. The summed E-state index contributed by atoms with van der Waals surface area (Å²) in [5, 5.41) is 11.0. The molecule has 0 rings (SSSR count). The van der Waals surface area contributed by atoms with Gasteiger partial charge < -0.3 is 10.6 Å². The van der Waals surface area contributed by atoms with Crippen LogP contribution in [0.1, 0.15) is 13.8 Å². The van der Waals surface area contributed by atoms with Crippen molar-refractivity contribution in [3.05, 3.63) is 0 Å². The van der Waals surface area contributed by atoms with Crippen LogP contribution >= 0.6 is 0 Å². The Kier molecular flexibility index (Phi) is 7.17. The molecule has 2 N–H and O–H groups in total. The molecule has 0 aromatic carbocycles. The van der Waals surface area contributed by atoms with Gasteiger partial charge in [-0.2, -0.15) is 0 Å². The molecule has 0 saturated carbocycles. The van der Waals surface area contributed by atoms with E-state index in [-0.39, 0.29) is 0 Å². The summed E-state index contributed by atoms with van der Waals surface area (Å²) >= 11 is 0. The first kappa shape index (κ1) is 12.8. The molecule has 13 heavy (non-hydrogen) atoms. The monoisotopic (exact) mass is 188 g/mol. The lowest BCUT2D eigenvalue weighted by Gasteiger charge is -2.31. The lowest BCUT2D eigenvalue weighted by molar-refractivity contribution is 0.0185. The Morgan fingerprint density at radius 1 is 1.23 bits per heavy atom. The van der Waals surface area contributed by atoms with E-state index in [1.165, 1.54) is 0 Å². The molecule has 4 nitrogen and oxygen atoms in total. The molecule has 0 bridgehead atoms. The maximum atomic E-state index is 3.37. The predicted octanol–water partition coefficient (Wildman–Crippen LogP) is -0.0601. The van der Waals surface area contributed by atoms with E-state index in [4.69, 9.17) is 0 Å². The van der Waals surface area contributed by atoms with E-state index >= 15 is 0 Å². The molecular formula is C9H24N4. The third-order valence-electron chi connectivity index (χ3n) is 2.12. The SMILES string of the molecule is CCNC(CN(CC)N(C)C)NC. The van der Waals surface area contributed by atoms with Crippen LogP contribution in [0.15, 0.2) is 0 Å². The maximum absolute atomic E-state index is 3.37. The Labute approximate surface area is 82.2 Å². The zero-order valence-electron chi connectivity index (χ0n) is 9.59. The summed E-state index contributed by atoms with van der Waals surface area (Å²) in [5.74, 6) is 0. The molecule has 0 heterocycles. The molecule has 0 spiro atoms. The molecule has 0 amide bonds. The molecule has 0 fully saturated rings. The van der Waals surface area contributed by atoms with Gasteiger partial charge in [-0.05, 0) is 13.6 Å². The Morgan fingerprint density at radius 3 is 2.15 bits per heavy atom. The second kappa shape index (κ2) is 7.26. The van der Waals surface area contributed by atoms with Gasteiger partial charge in [0.1, 0.15) is 0 Å². The quantitative estimate of drug-likeness (QED) is 0.433. The average molecular weight is 188 g/mol. The fourth-order valence-electron chi connectivity index (χ4n) is 1.29. The molecule has 0 aliphatic rings. The predicted molar refractivity (Wildman–Crippen MR) is 57.5 cm³/mol. The van der Waals surface area contributed by atoms with Crippen molar-refractivity contribution in [2.24, 2.45) is 0 Å². The van der Waals surface area contributed by atoms with Gasteiger partial charge in [0, 0.05) is 27.2 Å². The van der Waals surface area contributed by atoms with E-state index in [9.17, 15) is 0 Å². The summed E-state index contributed by atoms with van der Waals surface area (Å²) in [6.07, 6.45) is 0.368. The van der Waals surface area contributed by atoms with Gasteiger partial charge in [0.15, 0.2) is 0 Å². The number of nitrogens with one attached hydrogen (secondary N) is 2. The van der Waals surface area contributed by atoms with Crippen molar-refractivity contribution in [2.75, 3.05) is 40.8 Å². The molecule has 0 radical (unpaired) electrons. The summed E-state index contributed by atoms with van der Waals surface area (Å²) in [4.78, 5) is 0. The number of hydrogen-bond donors (Lipinski definition) is 2. The molecule has 0 aromatic heterocycles. The van der Waals surface area contributed by atoms with Gasteiger partial charge in [-0.3, -0.25) is 0 Å². The molecule has 0 saturated heterocycles. The van der Waals surface area contributed by atoms with Crippen LogP contribution in [0.5, 0.6) is 0 Å². The van der Waals surface area contributed by atoms with Crippen molar-refractivity contribution in [1.29, 1.82) is 0 Å². The zero-order valence-corrected chi connectivity index (χ0v) is 9.59. The van der Waals surface area contributed by atoms with E-state index in [1.807, 2.05) is 7.05 Å². The van der Waals surface area contributed by atoms with E-state index < -0.39 is 0 Å². The van der Waals surface area contributed by atoms with Gasteiger partial charge in [0.2, 0.25) is 0 Å². The number of rotatable bonds is 7. The molecule has 80 valence electrons. The molecule has 0 aromatic rings. The second-order valence-electron chi connectivity index (χ2n) is 3.25. The van der Waals surface area contributed by atoms with Crippen molar-refractivity contribution in [2.45, 2.75) is 20.0 Å². The third kappa shape index (κ3) is 5.21. The smallest absolute Gasteiger partial charge is 0.0714 e. The van der Waals surface area contributed by atoms with Gasteiger partial charge >= 0.3 is 0 Å². The van der Waals surface area contributed by atoms with Crippen LogP contribution in [0.25, 0.3) is 0 Å². The highest BCUT2D eigenvalue weighted by atomic mass is 15.6. The highest BCUT2D eigenvalue weighted by Crippen LogP contribution is 1.92. The normalized spacial score (nSPS) is 14.1. The molecule has 1 unspecified atom stereocenters. The van der Waals surface area contributed by atoms with Gasteiger partial charge in [-0.15, -0.1) is 0 Å². The minimum atomic E-state index is 0.368. The first-order valence-corrected chi connectivity index (χ1v) is 4.98. The number of hydrazine groups is 1. The van der Waals surface area contributed by atoms with Crippen molar-refractivity contribution in [3.8, 4) is 0 Å². The molecule has 4 heteroatoms. The van der Waals surface area contributed by atoms with Crippen molar-refractivity contribution in [1.82, 2.24) is 20.7 Å². The van der Waals surface area contributed by atoms with Crippen LogP contribution in [0.3, 0.4) is 0 Å². The molecule has 1 atom stereocenters. The van der Waals surface area contributed by atoms with Gasteiger partial charge in [0.25, 0.3) is 0 Å². The van der Waals surface area contributed by atoms with Crippen LogP contribution in [0.4, 0.5) is 0 Å². The topological polar surface area (TPSA) is 30.5 Å². The summed E-state index contributed by atoms with van der Waals surface area (Å²) in [6, 6.07) is 0. The molecule has 0 aliphatic heterocycles. The number of hydrogen-bond acceptors (Lipinski definition) is 4. The van der Waals surface area contributed by atoms with Crippen LogP contribution in [0, 0.1) is 0 Å².